The first-order chi connectivity index (χ1) is 19.9. The number of rotatable bonds is 14. The molecule has 2 fully saturated rings. The molecule has 0 radical (unpaired) electrons. The molecule has 1 saturated carbocycles. The molecule has 2 aliphatic rings. The van der Waals surface area contributed by atoms with Crippen LogP contribution in [0.4, 0.5) is 0 Å². The fourth-order valence-corrected chi connectivity index (χ4v) is 6.56. The fraction of sp³-hybridized carbons (Fsp3) is 0.586. The van der Waals surface area contributed by atoms with Gasteiger partial charge in [0.1, 0.15) is 5.15 Å². The Morgan fingerprint density at radius 3 is 2.64 bits per heavy atom. The number of carbonyl (C=O) groups is 1. The number of aryl methyl sites for hydroxylation is 1. The molecule has 0 spiro atoms. The average molecular weight is 618 g/mol. The normalized spacial score (nSPS) is 19.1. The van der Waals surface area contributed by atoms with Crippen molar-refractivity contribution < 1.29 is 17.9 Å². The summed E-state index contributed by atoms with van der Waals surface area (Å²) in [5.74, 6) is 0.610. The molecular formula is C29H40ClN7O4S. The molecule has 0 bridgehead atoms. The van der Waals surface area contributed by atoms with Crippen molar-refractivity contribution in [2.75, 3.05) is 13.2 Å². The maximum absolute atomic E-state index is 12.9. The molecule has 1 saturated heterocycles. The summed E-state index contributed by atoms with van der Waals surface area (Å²) in [6.07, 6.45) is 12.2. The number of hydrogen-bond donors (Lipinski definition) is 2. The van der Waals surface area contributed by atoms with E-state index in [1.165, 1.54) is 35.7 Å². The van der Waals surface area contributed by atoms with E-state index in [0.29, 0.717) is 36.2 Å². The molecule has 13 heteroatoms. The molecule has 1 unspecified atom stereocenters. The third-order valence-corrected chi connectivity index (χ3v) is 9.70. The van der Waals surface area contributed by atoms with Gasteiger partial charge in [-0.3, -0.25) is 9.48 Å². The second-order valence-corrected chi connectivity index (χ2v) is 14.5. The largest absolute Gasteiger partial charge is 0.477 e. The van der Waals surface area contributed by atoms with E-state index in [0.717, 1.165) is 45.1 Å². The molecule has 2 N–H and O–H groups in total. The summed E-state index contributed by atoms with van der Waals surface area (Å²) >= 11 is 6.28. The second kappa shape index (κ2) is 12.3. The lowest BCUT2D eigenvalue weighted by Gasteiger charge is -2.17. The summed E-state index contributed by atoms with van der Waals surface area (Å²) in [5, 5.41) is 11.7. The summed E-state index contributed by atoms with van der Waals surface area (Å²) in [5.41, 5.74) is 0.614. The van der Waals surface area contributed by atoms with E-state index >= 15 is 0 Å². The molecule has 4 heterocycles. The van der Waals surface area contributed by atoms with Crippen molar-refractivity contribution in [2.45, 2.75) is 89.2 Å². The van der Waals surface area contributed by atoms with Crippen molar-refractivity contribution in [1.29, 1.82) is 0 Å². The number of aromatic nitrogens is 5. The molecule has 1 amide bonds. The predicted octanol–water partition coefficient (Wildman–Crippen LogP) is 4.75. The lowest BCUT2D eigenvalue weighted by molar-refractivity contribution is 0.0981. The van der Waals surface area contributed by atoms with Crippen LogP contribution in [0.15, 0.2) is 41.7 Å². The molecule has 1 aliphatic carbocycles. The van der Waals surface area contributed by atoms with Gasteiger partial charge in [0.15, 0.2) is 10.8 Å². The van der Waals surface area contributed by atoms with Crippen LogP contribution >= 0.6 is 11.6 Å². The van der Waals surface area contributed by atoms with Crippen LogP contribution in [0.25, 0.3) is 5.82 Å². The van der Waals surface area contributed by atoms with Gasteiger partial charge in [-0.1, -0.05) is 24.9 Å². The number of nitrogens with zero attached hydrogens (tertiary/aromatic N) is 5. The van der Waals surface area contributed by atoms with Crippen molar-refractivity contribution in [1.82, 2.24) is 34.6 Å². The predicted molar refractivity (Wildman–Crippen MR) is 159 cm³/mol. The quantitative estimate of drug-likeness (QED) is 0.196. The van der Waals surface area contributed by atoms with Crippen LogP contribution < -0.4 is 14.8 Å². The molecule has 11 nitrogen and oxygen atoms in total. The monoisotopic (exact) mass is 617 g/mol. The molecule has 42 heavy (non-hydrogen) atoms. The third-order valence-electron chi connectivity index (χ3n) is 8.19. The fourth-order valence-electron chi connectivity index (χ4n) is 5.41. The molecule has 0 aromatic carbocycles. The van der Waals surface area contributed by atoms with Gasteiger partial charge in [0.05, 0.1) is 12.2 Å². The zero-order chi connectivity index (χ0) is 30.0. The lowest BCUT2D eigenvalue weighted by Crippen LogP contribution is -2.31. The smallest absolute Gasteiger partial charge is 0.283 e. The Hall–Kier alpha value is -2.96. The Kier molecular flexibility index (Phi) is 8.96. The van der Waals surface area contributed by atoms with E-state index in [9.17, 15) is 13.2 Å². The number of unbranched alkanes of at least 4 members (excludes halogenated alkanes) is 1. The number of nitrogens with one attached hydrogen (secondary N) is 2. The highest BCUT2D eigenvalue weighted by molar-refractivity contribution is 7.90. The minimum absolute atomic E-state index is 0.0785. The number of carbonyl (C=O) groups excluding carboxylic acids is 1. The van der Waals surface area contributed by atoms with E-state index in [-0.39, 0.29) is 21.3 Å². The van der Waals surface area contributed by atoms with Gasteiger partial charge in [0.2, 0.25) is 5.88 Å². The number of ether oxygens (including phenoxy) is 1. The molecular weight excluding hydrogens is 578 g/mol. The van der Waals surface area contributed by atoms with Gasteiger partial charge in [-0.2, -0.15) is 13.5 Å². The highest BCUT2D eigenvalue weighted by Gasteiger charge is 2.36. The van der Waals surface area contributed by atoms with Gasteiger partial charge in [-0.05, 0) is 94.9 Å². The van der Waals surface area contributed by atoms with Crippen LogP contribution in [-0.2, 0) is 16.6 Å². The molecule has 228 valence electrons. The minimum Gasteiger partial charge on any atom is -0.477 e. The number of hydrogen-bond acceptors (Lipinski definition) is 8. The van der Waals surface area contributed by atoms with Crippen molar-refractivity contribution >= 4 is 27.5 Å². The first-order valence-corrected chi connectivity index (χ1v) is 16.5. The Labute approximate surface area is 252 Å². The van der Waals surface area contributed by atoms with Crippen LogP contribution in [0, 0.1) is 11.3 Å². The number of sulfonamides is 1. The van der Waals surface area contributed by atoms with Crippen LogP contribution in [0.2, 0.25) is 5.15 Å². The summed E-state index contributed by atoms with van der Waals surface area (Å²) in [6.45, 7) is 8.97. The van der Waals surface area contributed by atoms with Crippen molar-refractivity contribution in [3.63, 3.8) is 0 Å². The summed E-state index contributed by atoms with van der Waals surface area (Å²) in [6, 6.07) is 6.06. The molecule has 1 aliphatic heterocycles. The number of halogens is 1. The van der Waals surface area contributed by atoms with Gasteiger partial charge in [0, 0.05) is 30.5 Å². The minimum atomic E-state index is -4.20. The molecule has 5 rings (SSSR count). The average Bonchev–Trinajstić information content (AvgIpc) is 3.31. The van der Waals surface area contributed by atoms with Gasteiger partial charge in [0.25, 0.3) is 15.9 Å². The summed E-state index contributed by atoms with van der Waals surface area (Å²) in [4.78, 5) is 17.1. The van der Waals surface area contributed by atoms with Crippen LogP contribution in [-0.4, -0.2) is 57.6 Å². The number of amides is 1. The SMILES string of the molecule is CC1(CCCOc2ccn(-c3ccc(C(=O)NS(=O)(=O)c4ccn(CCCCC5CNC(C)(C)C5)n4)c(Cl)n3)n2)CC1. The topological polar surface area (TPSA) is 133 Å². The van der Waals surface area contributed by atoms with E-state index in [1.807, 2.05) is 4.72 Å². The molecule has 3 aromatic heterocycles. The van der Waals surface area contributed by atoms with Crippen molar-refractivity contribution in [2.24, 2.45) is 11.3 Å². The Morgan fingerprint density at radius 2 is 1.93 bits per heavy atom. The van der Waals surface area contributed by atoms with Crippen molar-refractivity contribution in [3.05, 3.63) is 47.4 Å². The van der Waals surface area contributed by atoms with Crippen LogP contribution in [0.5, 0.6) is 5.88 Å². The van der Waals surface area contributed by atoms with Gasteiger partial charge in [-0.25, -0.2) is 14.4 Å². The Bertz CT molecular complexity index is 1510. The molecule has 1 atom stereocenters. The third kappa shape index (κ3) is 7.90. The number of pyridine rings is 1. The zero-order valence-corrected chi connectivity index (χ0v) is 26.0. The van der Waals surface area contributed by atoms with Crippen LogP contribution in [0.1, 0.15) is 82.5 Å². The van der Waals surface area contributed by atoms with E-state index in [2.05, 4.69) is 41.3 Å². The van der Waals surface area contributed by atoms with Crippen molar-refractivity contribution in [3.8, 4) is 11.7 Å². The van der Waals surface area contributed by atoms with Gasteiger partial charge < -0.3 is 10.1 Å². The Morgan fingerprint density at radius 1 is 1.12 bits per heavy atom. The van der Waals surface area contributed by atoms with E-state index in [1.54, 1.807) is 23.1 Å². The Balaban J connectivity index is 1.11. The van der Waals surface area contributed by atoms with E-state index in [4.69, 9.17) is 16.3 Å². The van der Waals surface area contributed by atoms with Crippen LogP contribution in [0.3, 0.4) is 0 Å². The zero-order valence-electron chi connectivity index (χ0n) is 24.5. The molecule has 3 aromatic rings. The van der Waals surface area contributed by atoms with Gasteiger partial charge in [-0.15, -0.1) is 5.10 Å². The summed E-state index contributed by atoms with van der Waals surface area (Å²) in [7, 11) is -4.20. The highest BCUT2D eigenvalue weighted by atomic mass is 35.5. The second-order valence-electron chi connectivity index (χ2n) is 12.6. The standard InChI is InChI=1S/C29H40ClN7O4S/c1-28(2)19-21(20-31-28)7-4-5-15-36-16-11-25(34-36)42(39,40)35-27(38)22-8-9-23(32-26(22)30)37-17-10-24(33-37)41-18-6-12-29(3)13-14-29/h8-11,16-17,21,31H,4-7,12-15,18-20H2,1-3H3,(H,35,38). The highest BCUT2D eigenvalue weighted by Crippen LogP contribution is 2.48. The van der Waals surface area contributed by atoms with E-state index < -0.39 is 15.9 Å². The lowest BCUT2D eigenvalue weighted by atomic mass is 9.93. The van der Waals surface area contributed by atoms with Gasteiger partial charge >= 0.3 is 0 Å². The first-order valence-electron chi connectivity index (χ1n) is 14.6. The first kappa shape index (κ1) is 30.5. The maximum atomic E-state index is 12.9. The maximum Gasteiger partial charge on any atom is 0.283 e. The summed E-state index contributed by atoms with van der Waals surface area (Å²) < 4.78 is 36.6.